The molecule has 1 atom stereocenters. The molecule has 4 heteroatoms. The minimum Gasteiger partial charge on any atom is -0.478 e. The molecule has 1 unspecified atom stereocenters. The first-order valence-electron chi connectivity index (χ1n) is 5.02. The van der Waals surface area contributed by atoms with Crippen LogP contribution in [0.25, 0.3) is 0 Å². The van der Waals surface area contributed by atoms with Crippen LogP contribution in [0, 0.1) is 11.3 Å². The Morgan fingerprint density at radius 1 is 1.67 bits per heavy atom. The van der Waals surface area contributed by atoms with E-state index >= 15 is 0 Å². The Labute approximate surface area is 90.8 Å². The minimum atomic E-state index is -0.862. The van der Waals surface area contributed by atoms with Crippen molar-refractivity contribution >= 4 is 5.97 Å². The third-order valence-corrected chi connectivity index (χ3v) is 2.42. The number of aliphatic carboxylic acids is 1. The van der Waals surface area contributed by atoms with Crippen LogP contribution in [-0.4, -0.2) is 35.6 Å². The summed E-state index contributed by atoms with van der Waals surface area (Å²) >= 11 is 0. The van der Waals surface area contributed by atoms with Gasteiger partial charge in [-0.1, -0.05) is 13.0 Å². The second-order valence-corrected chi connectivity index (χ2v) is 3.54. The number of hydrogen-bond donors (Lipinski definition) is 1. The van der Waals surface area contributed by atoms with E-state index in [1.165, 1.54) is 0 Å². The highest BCUT2D eigenvalue weighted by Crippen LogP contribution is 2.04. The Kier molecular flexibility index (Phi) is 6.39. The molecule has 0 bridgehead atoms. The smallest absolute Gasteiger partial charge is 0.331 e. The third-order valence-electron chi connectivity index (χ3n) is 2.42. The average Bonchev–Trinajstić information content (AvgIpc) is 2.18. The van der Waals surface area contributed by atoms with E-state index in [1.807, 2.05) is 25.8 Å². The van der Waals surface area contributed by atoms with Gasteiger partial charge >= 0.3 is 5.97 Å². The summed E-state index contributed by atoms with van der Waals surface area (Å²) < 4.78 is 0. The number of hydrogen-bond acceptors (Lipinski definition) is 3. The van der Waals surface area contributed by atoms with Crippen LogP contribution in [-0.2, 0) is 4.79 Å². The van der Waals surface area contributed by atoms with Gasteiger partial charge in [-0.2, -0.15) is 5.26 Å². The summed E-state index contributed by atoms with van der Waals surface area (Å²) in [5.74, 6) is -0.862. The normalized spacial score (nSPS) is 13.7. The van der Waals surface area contributed by atoms with Crippen LogP contribution in [0.2, 0.25) is 0 Å². The molecule has 0 aromatic carbocycles. The fourth-order valence-corrected chi connectivity index (χ4v) is 1.10. The van der Waals surface area contributed by atoms with E-state index in [0.29, 0.717) is 25.0 Å². The van der Waals surface area contributed by atoms with Crippen LogP contribution in [0.4, 0.5) is 0 Å². The van der Waals surface area contributed by atoms with E-state index in [9.17, 15) is 4.79 Å². The molecule has 0 radical (unpaired) electrons. The van der Waals surface area contributed by atoms with Gasteiger partial charge in [-0.3, -0.25) is 4.90 Å². The molecule has 0 aromatic heterocycles. The van der Waals surface area contributed by atoms with Gasteiger partial charge in [0.2, 0.25) is 0 Å². The molecule has 0 saturated heterocycles. The standard InChI is InChI=1S/C11H18N2O2/c1-4-10(11(14)15)6-8-13(3)9(2)5-7-12/h6,9H,4-5,8H2,1-3H3,(H,14,15). The van der Waals surface area contributed by atoms with E-state index in [4.69, 9.17) is 10.4 Å². The molecular formula is C11H18N2O2. The molecule has 0 aliphatic heterocycles. The van der Waals surface area contributed by atoms with Gasteiger partial charge < -0.3 is 5.11 Å². The van der Waals surface area contributed by atoms with Crippen LogP contribution >= 0.6 is 0 Å². The van der Waals surface area contributed by atoms with Crippen LogP contribution in [0.3, 0.4) is 0 Å². The highest BCUT2D eigenvalue weighted by atomic mass is 16.4. The maximum absolute atomic E-state index is 10.7. The molecule has 0 saturated carbocycles. The molecule has 0 aliphatic carbocycles. The maximum atomic E-state index is 10.7. The zero-order chi connectivity index (χ0) is 11.8. The van der Waals surface area contributed by atoms with Crippen LogP contribution in [0.15, 0.2) is 11.6 Å². The zero-order valence-electron chi connectivity index (χ0n) is 9.53. The molecule has 4 nitrogen and oxygen atoms in total. The Morgan fingerprint density at radius 2 is 2.27 bits per heavy atom. The predicted molar refractivity (Wildman–Crippen MR) is 58.3 cm³/mol. The summed E-state index contributed by atoms with van der Waals surface area (Å²) in [4.78, 5) is 12.7. The average molecular weight is 210 g/mol. The lowest BCUT2D eigenvalue weighted by molar-refractivity contribution is -0.132. The fourth-order valence-electron chi connectivity index (χ4n) is 1.10. The van der Waals surface area contributed by atoms with Crippen molar-refractivity contribution in [2.24, 2.45) is 0 Å². The summed E-state index contributed by atoms with van der Waals surface area (Å²) in [6.45, 7) is 4.33. The molecule has 0 heterocycles. The number of likely N-dealkylation sites (N-methyl/N-ethyl adjacent to an activating group) is 1. The van der Waals surface area contributed by atoms with E-state index in [2.05, 4.69) is 6.07 Å². The Morgan fingerprint density at radius 3 is 2.67 bits per heavy atom. The van der Waals surface area contributed by atoms with Crippen molar-refractivity contribution in [3.8, 4) is 6.07 Å². The quantitative estimate of drug-likeness (QED) is 0.677. The summed E-state index contributed by atoms with van der Waals surface area (Å²) in [5, 5.41) is 17.3. The first-order chi connectivity index (χ1) is 7.02. The van der Waals surface area contributed by atoms with E-state index in [1.54, 1.807) is 6.08 Å². The van der Waals surface area contributed by atoms with Crippen molar-refractivity contribution < 1.29 is 9.90 Å². The minimum absolute atomic E-state index is 0.151. The van der Waals surface area contributed by atoms with E-state index < -0.39 is 5.97 Å². The summed E-state index contributed by atoms with van der Waals surface area (Å²) in [6.07, 6.45) is 2.69. The number of carboxylic acids is 1. The van der Waals surface area contributed by atoms with Crippen molar-refractivity contribution in [3.63, 3.8) is 0 Å². The van der Waals surface area contributed by atoms with Gasteiger partial charge in [-0.15, -0.1) is 0 Å². The SMILES string of the molecule is CCC(=CCN(C)C(C)CC#N)C(=O)O. The highest BCUT2D eigenvalue weighted by molar-refractivity contribution is 5.86. The number of carboxylic acid groups (broad SMARTS) is 1. The molecule has 0 aromatic rings. The summed E-state index contributed by atoms with van der Waals surface area (Å²) in [6, 6.07) is 2.25. The maximum Gasteiger partial charge on any atom is 0.331 e. The predicted octanol–water partition coefficient (Wildman–Crippen LogP) is 1.64. The van der Waals surface area contributed by atoms with Gasteiger partial charge in [0, 0.05) is 18.2 Å². The summed E-state index contributed by atoms with van der Waals surface area (Å²) in [5.41, 5.74) is 0.422. The summed E-state index contributed by atoms with van der Waals surface area (Å²) in [7, 11) is 1.88. The largest absolute Gasteiger partial charge is 0.478 e. The van der Waals surface area contributed by atoms with Crippen molar-refractivity contribution in [3.05, 3.63) is 11.6 Å². The third kappa shape index (κ3) is 5.18. The van der Waals surface area contributed by atoms with Crippen LogP contribution < -0.4 is 0 Å². The van der Waals surface area contributed by atoms with Crippen molar-refractivity contribution in [1.82, 2.24) is 4.90 Å². The first kappa shape index (κ1) is 13.7. The lowest BCUT2D eigenvalue weighted by Crippen LogP contribution is -2.29. The van der Waals surface area contributed by atoms with E-state index in [0.717, 1.165) is 0 Å². The monoisotopic (exact) mass is 210 g/mol. The number of nitriles is 1. The molecule has 15 heavy (non-hydrogen) atoms. The Hall–Kier alpha value is -1.34. The number of nitrogens with zero attached hydrogens (tertiary/aromatic N) is 2. The van der Waals surface area contributed by atoms with Gasteiger partial charge in [-0.25, -0.2) is 4.79 Å². The highest BCUT2D eigenvalue weighted by Gasteiger charge is 2.09. The van der Waals surface area contributed by atoms with Gasteiger partial charge in [0.15, 0.2) is 0 Å². The topological polar surface area (TPSA) is 64.3 Å². The Bertz CT molecular complexity index is 279. The van der Waals surface area contributed by atoms with Gasteiger partial charge in [0.05, 0.1) is 12.5 Å². The fraction of sp³-hybridized carbons (Fsp3) is 0.636. The molecule has 1 N–H and O–H groups in total. The second-order valence-electron chi connectivity index (χ2n) is 3.54. The zero-order valence-corrected chi connectivity index (χ0v) is 9.53. The Balaban J connectivity index is 4.24. The molecule has 84 valence electrons. The molecule has 0 aliphatic rings. The number of carbonyl (C=O) groups is 1. The lowest BCUT2D eigenvalue weighted by Gasteiger charge is -2.20. The van der Waals surface area contributed by atoms with Crippen LogP contribution in [0.1, 0.15) is 26.7 Å². The lowest BCUT2D eigenvalue weighted by atomic mass is 10.1. The van der Waals surface area contributed by atoms with Gasteiger partial charge in [0.1, 0.15) is 0 Å². The number of rotatable bonds is 6. The van der Waals surface area contributed by atoms with Crippen molar-refractivity contribution in [2.75, 3.05) is 13.6 Å². The first-order valence-corrected chi connectivity index (χ1v) is 5.02. The van der Waals surface area contributed by atoms with E-state index in [-0.39, 0.29) is 6.04 Å². The molecule has 0 amide bonds. The van der Waals surface area contributed by atoms with Crippen molar-refractivity contribution in [2.45, 2.75) is 32.7 Å². The molecule has 0 spiro atoms. The van der Waals surface area contributed by atoms with Crippen molar-refractivity contribution in [1.29, 1.82) is 5.26 Å². The van der Waals surface area contributed by atoms with Crippen LogP contribution in [0.5, 0.6) is 0 Å². The van der Waals surface area contributed by atoms with Gasteiger partial charge in [-0.05, 0) is 20.4 Å². The molecular weight excluding hydrogens is 192 g/mol. The molecule has 0 fully saturated rings. The molecule has 0 rings (SSSR count). The second kappa shape index (κ2) is 7.02. The van der Waals surface area contributed by atoms with Gasteiger partial charge in [0.25, 0.3) is 0 Å².